The Labute approximate surface area is 124 Å². The van der Waals surface area contributed by atoms with Gasteiger partial charge in [0.1, 0.15) is 6.54 Å². The van der Waals surface area contributed by atoms with E-state index in [4.69, 9.17) is 0 Å². The molecule has 0 aliphatic rings. The summed E-state index contributed by atoms with van der Waals surface area (Å²) in [6.45, 7) is 5.25. The molecule has 8 heteroatoms. The van der Waals surface area contributed by atoms with E-state index in [2.05, 4.69) is 15.1 Å². The van der Waals surface area contributed by atoms with Crippen molar-refractivity contribution in [3.05, 3.63) is 24.2 Å². The Morgan fingerprint density at radius 3 is 2.62 bits per heavy atom. The summed E-state index contributed by atoms with van der Waals surface area (Å²) in [5.74, 6) is 0. The van der Waals surface area contributed by atoms with E-state index in [0.717, 1.165) is 0 Å². The molecule has 0 spiro atoms. The highest BCUT2D eigenvalue weighted by Gasteiger charge is 2.13. The normalized spacial score (nSPS) is 12.0. The molecule has 2 heterocycles. The fourth-order valence-electron chi connectivity index (χ4n) is 1.63. The minimum absolute atomic E-state index is 0.207. The molecule has 1 atom stereocenters. The Bertz CT molecular complexity index is 616. The molecule has 0 bridgehead atoms. The van der Waals surface area contributed by atoms with E-state index >= 15 is 0 Å². The zero-order valence-electron chi connectivity index (χ0n) is 12.4. The number of halogens is 2. The summed E-state index contributed by atoms with van der Waals surface area (Å²) >= 11 is 0. The molecule has 2 aromatic rings. The second-order valence-corrected chi connectivity index (χ2v) is 5.19. The van der Waals surface area contributed by atoms with Crippen molar-refractivity contribution in [2.75, 3.05) is 6.26 Å². The van der Waals surface area contributed by atoms with Crippen LogP contribution in [-0.4, -0.2) is 36.6 Å². The van der Waals surface area contributed by atoms with E-state index in [1.165, 1.54) is 23.3 Å². The number of rotatable bonds is 4. The average molecular weight is 316 g/mol. The van der Waals surface area contributed by atoms with Gasteiger partial charge in [-0.2, -0.15) is 5.10 Å². The Kier molecular flexibility index (Phi) is 6.54. The lowest BCUT2D eigenvalue weighted by Gasteiger charge is -2.00. The van der Waals surface area contributed by atoms with Gasteiger partial charge < -0.3 is 0 Å². The van der Waals surface area contributed by atoms with E-state index in [9.17, 15) is 13.0 Å². The van der Waals surface area contributed by atoms with Crippen molar-refractivity contribution in [1.82, 2.24) is 19.7 Å². The minimum Gasteiger partial charge on any atom is -0.266 e. The molecule has 1 unspecified atom stereocenters. The monoisotopic (exact) mass is 316 g/mol. The summed E-state index contributed by atoms with van der Waals surface area (Å²) in [7, 11) is -1.29. The zero-order valence-corrected chi connectivity index (χ0v) is 13.2. The maximum Gasteiger partial charge on any atom is 0.257 e. The minimum atomic E-state index is -2.46. The first kappa shape index (κ1) is 17.4. The first-order valence-electron chi connectivity index (χ1n) is 6.46. The number of hydrogen-bond donors (Lipinski definition) is 0. The number of hydrogen-bond acceptors (Lipinski definition) is 4. The summed E-state index contributed by atoms with van der Waals surface area (Å²) in [5, 5.41) is 4.21. The molecule has 0 saturated heterocycles. The lowest BCUT2D eigenvalue weighted by Crippen LogP contribution is -2.06. The second kappa shape index (κ2) is 7.92. The van der Waals surface area contributed by atoms with Gasteiger partial charge in [-0.05, 0) is 13.0 Å². The molecule has 5 nitrogen and oxygen atoms in total. The summed E-state index contributed by atoms with van der Waals surface area (Å²) in [5.41, 5.74) is 1.75. The van der Waals surface area contributed by atoms with Crippen molar-refractivity contribution in [2.45, 2.75) is 38.9 Å². The number of nitrogens with zero attached hydrogens (tertiary/aromatic N) is 4. The van der Waals surface area contributed by atoms with Crippen molar-refractivity contribution >= 4 is 10.8 Å². The quantitative estimate of drug-likeness (QED) is 0.814. The molecule has 0 aliphatic heterocycles. The van der Waals surface area contributed by atoms with Gasteiger partial charge in [-0.3, -0.25) is 8.89 Å². The standard InChI is InChI=1S/C11H12F2N4OS.C2H6/c1-7-8(5-17(16-7)6-10(12)13)9-3-4-14-11(15-9)19(2)18;1-2/h3-5,10H,6H2,1-2H3;1-2H3. The summed E-state index contributed by atoms with van der Waals surface area (Å²) in [6, 6.07) is 1.63. The number of aromatic nitrogens is 4. The largest absolute Gasteiger partial charge is 0.266 e. The van der Waals surface area contributed by atoms with Crippen molar-refractivity contribution in [3.63, 3.8) is 0 Å². The Morgan fingerprint density at radius 2 is 2.05 bits per heavy atom. The van der Waals surface area contributed by atoms with Crippen molar-refractivity contribution < 1.29 is 13.0 Å². The molecule has 116 valence electrons. The van der Waals surface area contributed by atoms with Crippen LogP contribution in [0.15, 0.2) is 23.6 Å². The van der Waals surface area contributed by atoms with Crippen LogP contribution in [0.1, 0.15) is 19.5 Å². The van der Waals surface area contributed by atoms with Crippen molar-refractivity contribution in [2.24, 2.45) is 0 Å². The first-order chi connectivity index (χ1) is 9.97. The van der Waals surface area contributed by atoms with Crippen LogP contribution in [0.2, 0.25) is 0 Å². The van der Waals surface area contributed by atoms with E-state index in [-0.39, 0.29) is 5.16 Å². The highest BCUT2D eigenvalue weighted by Crippen LogP contribution is 2.20. The van der Waals surface area contributed by atoms with Gasteiger partial charge in [0, 0.05) is 24.2 Å². The van der Waals surface area contributed by atoms with E-state index in [0.29, 0.717) is 17.0 Å². The Morgan fingerprint density at radius 1 is 1.38 bits per heavy atom. The topological polar surface area (TPSA) is 60.7 Å². The van der Waals surface area contributed by atoms with Gasteiger partial charge in [-0.25, -0.2) is 18.7 Å². The fraction of sp³-hybridized carbons (Fsp3) is 0.462. The molecular weight excluding hydrogens is 298 g/mol. The van der Waals surface area contributed by atoms with Gasteiger partial charge in [0.2, 0.25) is 5.16 Å². The van der Waals surface area contributed by atoms with Crippen LogP contribution in [0.4, 0.5) is 8.78 Å². The smallest absolute Gasteiger partial charge is 0.257 e. The SMILES string of the molecule is CC.Cc1nn(CC(F)F)cc1-c1ccnc(S(C)=O)n1. The molecule has 0 saturated carbocycles. The van der Waals surface area contributed by atoms with E-state index in [1.54, 1.807) is 13.0 Å². The third-order valence-electron chi connectivity index (χ3n) is 2.44. The molecular formula is C13H18F2N4OS. The maximum atomic E-state index is 12.3. The molecule has 0 amide bonds. The van der Waals surface area contributed by atoms with Gasteiger partial charge in [0.25, 0.3) is 6.43 Å². The van der Waals surface area contributed by atoms with Gasteiger partial charge in [-0.1, -0.05) is 13.8 Å². The average Bonchev–Trinajstić information content (AvgIpc) is 2.81. The predicted octanol–water partition coefficient (Wildman–Crippen LogP) is 2.68. The van der Waals surface area contributed by atoms with Crippen LogP contribution in [0.3, 0.4) is 0 Å². The molecule has 2 rings (SSSR count). The van der Waals surface area contributed by atoms with Gasteiger partial charge in [0.15, 0.2) is 0 Å². The van der Waals surface area contributed by atoms with Gasteiger partial charge in [0.05, 0.1) is 22.2 Å². The van der Waals surface area contributed by atoms with Gasteiger partial charge in [-0.15, -0.1) is 0 Å². The van der Waals surface area contributed by atoms with Crippen LogP contribution in [-0.2, 0) is 17.3 Å². The Hall–Kier alpha value is -1.70. The molecule has 0 aliphatic carbocycles. The molecule has 2 aromatic heterocycles. The highest BCUT2D eigenvalue weighted by molar-refractivity contribution is 7.84. The van der Waals surface area contributed by atoms with Crippen LogP contribution in [0.25, 0.3) is 11.3 Å². The summed E-state index contributed by atoms with van der Waals surface area (Å²) in [6.07, 6.45) is 2.01. The molecule has 0 radical (unpaired) electrons. The fourth-order valence-corrected chi connectivity index (χ4v) is 2.07. The van der Waals surface area contributed by atoms with Crippen LogP contribution >= 0.6 is 0 Å². The van der Waals surface area contributed by atoms with Gasteiger partial charge >= 0.3 is 0 Å². The zero-order chi connectivity index (χ0) is 16.0. The van der Waals surface area contributed by atoms with Crippen molar-refractivity contribution in [3.8, 4) is 11.3 Å². The van der Waals surface area contributed by atoms with Crippen LogP contribution < -0.4 is 0 Å². The summed E-state index contributed by atoms with van der Waals surface area (Å²) in [4.78, 5) is 8.03. The van der Waals surface area contributed by atoms with E-state index < -0.39 is 23.8 Å². The summed E-state index contributed by atoms with van der Waals surface area (Å²) < 4.78 is 37.1. The van der Waals surface area contributed by atoms with Crippen LogP contribution in [0.5, 0.6) is 0 Å². The predicted molar refractivity (Wildman–Crippen MR) is 77.7 cm³/mol. The number of alkyl halides is 2. The molecule has 21 heavy (non-hydrogen) atoms. The molecule has 0 fully saturated rings. The first-order valence-corrected chi connectivity index (χ1v) is 8.02. The third kappa shape index (κ3) is 4.66. The lowest BCUT2D eigenvalue weighted by atomic mass is 10.2. The second-order valence-electron chi connectivity index (χ2n) is 3.92. The van der Waals surface area contributed by atoms with E-state index in [1.807, 2.05) is 13.8 Å². The lowest BCUT2D eigenvalue weighted by molar-refractivity contribution is 0.121. The molecule has 0 aromatic carbocycles. The van der Waals surface area contributed by atoms with Crippen LogP contribution in [0, 0.1) is 6.92 Å². The maximum absolute atomic E-state index is 12.3. The number of aryl methyl sites for hydroxylation is 1. The Balaban J connectivity index is 0.00000106. The third-order valence-corrected chi connectivity index (χ3v) is 3.15. The molecule has 0 N–H and O–H groups in total. The highest BCUT2D eigenvalue weighted by atomic mass is 32.2. The van der Waals surface area contributed by atoms with Crippen molar-refractivity contribution in [1.29, 1.82) is 0 Å².